The number of nitrogens with one attached hydrogen (secondary N) is 1. The standard InChI is InChI=1S/C14H15ClN2/c1-11-6-8-16-14(10-11)17-9-7-12-2-4-13(15)5-3-12/h2-6,8,10H,7,9H2,1H3,(H,16,17). The molecule has 17 heavy (non-hydrogen) atoms. The molecule has 2 nitrogen and oxygen atoms in total. The summed E-state index contributed by atoms with van der Waals surface area (Å²) in [5.41, 5.74) is 2.49. The van der Waals surface area contributed by atoms with E-state index in [1.54, 1.807) is 0 Å². The van der Waals surface area contributed by atoms with Gasteiger partial charge in [-0.15, -0.1) is 0 Å². The molecule has 2 rings (SSSR count). The SMILES string of the molecule is Cc1ccnc(NCCc2ccc(Cl)cc2)c1. The van der Waals surface area contributed by atoms with Gasteiger partial charge in [0.05, 0.1) is 0 Å². The highest BCUT2D eigenvalue weighted by molar-refractivity contribution is 6.30. The van der Waals surface area contributed by atoms with E-state index in [0.717, 1.165) is 23.8 Å². The summed E-state index contributed by atoms with van der Waals surface area (Å²) in [5, 5.41) is 4.08. The summed E-state index contributed by atoms with van der Waals surface area (Å²) >= 11 is 5.83. The molecule has 1 heterocycles. The predicted octanol–water partition coefficient (Wildman–Crippen LogP) is 3.70. The number of aromatic nitrogens is 1. The van der Waals surface area contributed by atoms with Gasteiger partial charge in [0, 0.05) is 17.8 Å². The average molecular weight is 247 g/mol. The van der Waals surface area contributed by atoms with Crippen molar-refractivity contribution in [3.8, 4) is 0 Å². The lowest BCUT2D eigenvalue weighted by atomic mass is 10.1. The molecule has 0 amide bonds. The zero-order valence-corrected chi connectivity index (χ0v) is 10.5. The first-order chi connectivity index (χ1) is 8.24. The highest BCUT2D eigenvalue weighted by atomic mass is 35.5. The highest BCUT2D eigenvalue weighted by Crippen LogP contribution is 2.10. The van der Waals surface area contributed by atoms with Crippen molar-refractivity contribution in [2.45, 2.75) is 13.3 Å². The summed E-state index contributed by atoms with van der Waals surface area (Å²) in [6, 6.07) is 12.0. The van der Waals surface area contributed by atoms with E-state index in [1.165, 1.54) is 11.1 Å². The molecule has 1 aromatic carbocycles. The molecule has 0 bridgehead atoms. The minimum Gasteiger partial charge on any atom is -0.370 e. The molecule has 1 N–H and O–H groups in total. The lowest BCUT2D eigenvalue weighted by Gasteiger charge is -2.06. The fourth-order valence-corrected chi connectivity index (χ4v) is 1.74. The topological polar surface area (TPSA) is 24.9 Å². The first kappa shape index (κ1) is 11.9. The van der Waals surface area contributed by atoms with Gasteiger partial charge in [0.25, 0.3) is 0 Å². The monoisotopic (exact) mass is 246 g/mol. The number of hydrogen-bond donors (Lipinski definition) is 1. The number of pyridine rings is 1. The van der Waals surface area contributed by atoms with Gasteiger partial charge in [0.15, 0.2) is 0 Å². The zero-order valence-electron chi connectivity index (χ0n) is 9.78. The second-order valence-corrected chi connectivity index (χ2v) is 4.46. The third kappa shape index (κ3) is 3.75. The molecule has 0 radical (unpaired) electrons. The van der Waals surface area contributed by atoms with Gasteiger partial charge in [0.1, 0.15) is 5.82 Å². The van der Waals surface area contributed by atoms with Gasteiger partial charge in [0.2, 0.25) is 0 Å². The number of hydrogen-bond acceptors (Lipinski definition) is 2. The molecule has 0 saturated heterocycles. The van der Waals surface area contributed by atoms with Crippen molar-refractivity contribution >= 4 is 17.4 Å². The van der Waals surface area contributed by atoms with Crippen LogP contribution in [0.2, 0.25) is 5.02 Å². The molecule has 0 spiro atoms. The van der Waals surface area contributed by atoms with E-state index >= 15 is 0 Å². The maximum Gasteiger partial charge on any atom is 0.126 e. The first-order valence-corrected chi connectivity index (χ1v) is 6.03. The Bertz CT molecular complexity index is 480. The van der Waals surface area contributed by atoms with Crippen molar-refractivity contribution in [2.75, 3.05) is 11.9 Å². The third-order valence-electron chi connectivity index (χ3n) is 2.55. The Labute approximate surface area is 107 Å². The number of anilines is 1. The van der Waals surface area contributed by atoms with Crippen LogP contribution < -0.4 is 5.32 Å². The lowest BCUT2D eigenvalue weighted by Crippen LogP contribution is -2.06. The maximum atomic E-state index is 5.83. The van der Waals surface area contributed by atoms with Crippen molar-refractivity contribution in [1.82, 2.24) is 4.98 Å². The Morgan fingerprint density at radius 3 is 2.65 bits per heavy atom. The van der Waals surface area contributed by atoms with Crippen molar-refractivity contribution in [1.29, 1.82) is 0 Å². The lowest BCUT2D eigenvalue weighted by molar-refractivity contribution is 1.01. The van der Waals surface area contributed by atoms with E-state index in [0.29, 0.717) is 0 Å². The van der Waals surface area contributed by atoms with Crippen LogP contribution in [-0.4, -0.2) is 11.5 Å². The van der Waals surface area contributed by atoms with Crippen molar-refractivity contribution in [3.05, 3.63) is 58.7 Å². The quantitative estimate of drug-likeness (QED) is 0.890. The molecule has 88 valence electrons. The van der Waals surface area contributed by atoms with Gasteiger partial charge in [-0.25, -0.2) is 4.98 Å². The average Bonchev–Trinajstić information content (AvgIpc) is 2.32. The number of benzene rings is 1. The van der Waals surface area contributed by atoms with Crippen LogP contribution in [0.1, 0.15) is 11.1 Å². The van der Waals surface area contributed by atoms with Crippen LogP contribution in [0.15, 0.2) is 42.6 Å². The smallest absolute Gasteiger partial charge is 0.126 e. The van der Waals surface area contributed by atoms with Crippen LogP contribution in [0.4, 0.5) is 5.82 Å². The van der Waals surface area contributed by atoms with Crippen molar-refractivity contribution in [3.63, 3.8) is 0 Å². The molecule has 3 heteroatoms. The number of aryl methyl sites for hydroxylation is 1. The molecule has 0 saturated carbocycles. The Balaban J connectivity index is 1.85. The van der Waals surface area contributed by atoms with E-state index in [2.05, 4.69) is 17.2 Å². The molecular weight excluding hydrogens is 232 g/mol. The van der Waals surface area contributed by atoms with Crippen LogP contribution in [0, 0.1) is 6.92 Å². The van der Waals surface area contributed by atoms with E-state index in [1.807, 2.05) is 42.6 Å². The molecule has 0 fully saturated rings. The van der Waals surface area contributed by atoms with Crippen LogP contribution in [0.3, 0.4) is 0 Å². The summed E-state index contributed by atoms with van der Waals surface area (Å²) in [7, 11) is 0. The van der Waals surface area contributed by atoms with Crippen LogP contribution >= 0.6 is 11.6 Å². The summed E-state index contributed by atoms with van der Waals surface area (Å²) in [6.45, 7) is 2.93. The molecule has 0 aliphatic carbocycles. The Morgan fingerprint density at radius 2 is 1.94 bits per heavy atom. The molecule has 0 unspecified atom stereocenters. The third-order valence-corrected chi connectivity index (χ3v) is 2.80. The number of halogens is 1. The predicted molar refractivity (Wildman–Crippen MR) is 72.6 cm³/mol. The van der Waals surface area contributed by atoms with Gasteiger partial charge < -0.3 is 5.32 Å². The molecule has 2 aromatic rings. The van der Waals surface area contributed by atoms with E-state index in [-0.39, 0.29) is 0 Å². The summed E-state index contributed by atoms with van der Waals surface area (Å²) < 4.78 is 0. The molecule has 1 aromatic heterocycles. The summed E-state index contributed by atoms with van der Waals surface area (Å²) in [6.07, 6.45) is 2.78. The largest absolute Gasteiger partial charge is 0.370 e. The summed E-state index contributed by atoms with van der Waals surface area (Å²) in [5.74, 6) is 0.930. The first-order valence-electron chi connectivity index (χ1n) is 5.65. The highest BCUT2D eigenvalue weighted by Gasteiger charge is 1.95. The van der Waals surface area contributed by atoms with E-state index in [4.69, 9.17) is 11.6 Å². The second-order valence-electron chi connectivity index (χ2n) is 4.02. The van der Waals surface area contributed by atoms with E-state index < -0.39 is 0 Å². The van der Waals surface area contributed by atoms with Crippen LogP contribution in [-0.2, 0) is 6.42 Å². The van der Waals surface area contributed by atoms with Crippen LogP contribution in [0.25, 0.3) is 0 Å². The van der Waals surface area contributed by atoms with Gasteiger partial charge in [-0.3, -0.25) is 0 Å². The minimum absolute atomic E-state index is 0.780. The Kier molecular flexibility index (Phi) is 3.99. The number of rotatable bonds is 4. The normalized spacial score (nSPS) is 10.2. The maximum absolute atomic E-state index is 5.83. The van der Waals surface area contributed by atoms with Crippen LogP contribution in [0.5, 0.6) is 0 Å². The molecule has 0 aliphatic heterocycles. The van der Waals surface area contributed by atoms with Crippen molar-refractivity contribution in [2.24, 2.45) is 0 Å². The minimum atomic E-state index is 0.780. The number of nitrogens with zero attached hydrogens (tertiary/aromatic N) is 1. The van der Waals surface area contributed by atoms with Crippen molar-refractivity contribution < 1.29 is 0 Å². The molecule has 0 atom stereocenters. The van der Waals surface area contributed by atoms with E-state index in [9.17, 15) is 0 Å². The van der Waals surface area contributed by atoms with Gasteiger partial charge in [-0.2, -0.15) is 0 Å². The molecule has 0 aliphatic rings. The Morgan fingerprint density at radius 1 is 1.18 bits per heavy atom. The molecular formula is C14H15ClN2. The van der Waals surface area contributed by atoms with Gasteiger partial charge in [-0.05, 0) is 48.7 Å². The fourth-order valence-electron chi connectivity index (χ4n) is 1.62. The van der Waals surface area contributed by atoms with Gasteiger partial charge >= 0.3 is 0 Å². The van der Waals surface area contributed by atoms with Gasteiger partial charge in [-0.1, -0.05) is 23.7 Å². The fraction of sp³-hybridized carbons (Fsp3) is 0.214. The second kappa shape index (κ2) is 5.69. The Hall–Kier alpha value is -1.54. The zero-order chi connectivity index (χ0) is 12.1. The summed E-state index contributed by atoms with van der Waals surface area (Å²) in [4.78, 5) is 4.25.